The highest BCUT2D eigenvalue weighted by molar-refractivity contribution is 9.10. The molecule has 1 amide bonds. The van der Waals surface area contributed by atoms with E-state index in [2.05, 4.69) is 15.9 Å². The lowest BCUT2D eigenvalue weighted by Gasteiger charge is -2.44. The Labute approximate surface area is 163 Å². The number of hydrogen-bond donors (Lipinski definition) is 0. The fourth-order valence-electron chi connectivity index (χ4n) is 3.63. The molecule has 1 aliphatic rings. The highest BCUT2D eigenvalue weighted by Gasteiger charge is 2.48. The second kappa shape index (κ2) is 8.50. The smallest absolute Gasteiger partial charge is 0.331 e. The second-order valence-corrected chi connectivity index (χ2v) is 7.70. The van der Waals surface area contributed by atoms with Crippen molar-refractivity contribution in [2.24, 2.45) is 0 Å². The molecule has 1 saturated heterocycles. The molecule has 6 nitrogen and oxygen atoms in total. The zero-order valence-electron chi connectivity index (χ0n) is 16.1. The highest BCUT2D eigenvalue weighted by atomic mass is 79.9. The maximum absolute atomic E-state index is 13.0. The molecule has 0 N–H and O–H groups in total. The molecule has 144 valence electrons. The predicted molar refractivity (Wildman–Crippen MR) is 103 cm³/mol. The van der Waals surface area contributed by atoms with E-state index in [1.54, 1.807) is 24.1 Å². The lowest BCUT2D eigenvalue weighted by Crippen LogP contribution is -2.61. The third kappa shape index (κ3) is 4.10. The van der Waals surface area contributed by atoms with Gasteiger partial charge in [-0.1, -0.05) is 15.9 Å². The summed E-state index contributed by atoms with van der Waals surface area (Å²) in [6.07, 6.45) is 1.22. The molecule has 7 heteroatoms. The second-order valence-electron chi connectivity index (χ2n) is 6.78. The van der Waals surface area contributed by atoms with E-state index in [1.807, 2.05) is 26.0 Å². The number of nitrogens with zero attached hydrogens (tertiary/aromatic N) is 2. The van der Waals surface area contributed by atoms with Gasteiger partial charge in [0.1, 0.15) is 5.54 Å². The van der Waals surface area contributed by atoms with Gasteiger partial charge in [-0.15, -0.1) is 0 Å². The molecule has 0 saturated carbocycles. The Morgan fingerprint density at radius 3 is 2.19 bits per heavy atom. The van der Waals surface area contributed by atoms with Crippen molar-refractivity contribution in [2.45, 2.75) is 38.6 Å². The number of likely N-dealkylation sites (N-methyl/N-ethyl adjacent to an activating group) is 1. The minimum atomic E-state index is -0.946. The number of carbonyl (C=O) groups excluding carboxylic acids is 2. The standard InChI is InChI=1S/C19H27BrN2O4/c1-13-10-15(20)11-14(2)16(13)12-17(23)21(3)19(18(24)25-4)6-8-22(26-5)9-7-19/h10-11H,6-9,12H2,1-5H3. The number of benzene rings is 1. The first kappa shape index (κ1) is 20.9. The van der Waals surface area contributed by atoms with Crippen LogP contribution in [0.15, 0.2) is 16.6 Å². The van der Waals surface area contributed by atoms with E-state index in [-0.39, 0.29) is 18.3 Å². The van der Waals surface area contributed by atoms with Gasteiger partial charge in [0.15, 0.2) is 0 Å². The number of halogens is 1. The average Bonchev–Trinajstić information content (AvgIpc) is 2.63. The van der Waals surface area contributed by atoms with Crippen LogP contribution in [0.25, 0.3) is 0 Å². The van der Waals surface area contributed by atoms with Crippen molar-refractivity contribution in [1.82, 2.24) is 9.96 Å². The predicted octanol–water partition coefficient (Wildman–Crippen LogP) is 2.64. The number of piperidine rings is 1. The van der Waals surface area contributed by atoms with Gasteiger partial charge in [0.25, 0.3) is 0 Å². The molecule has 2 rings (SSSR count). The summed E-state index contributed by atoms with van der Waals surface area (Å²) in [5.41, 5.74) is 2.16. The van der Waals surface area contributed by atoms with Gasteiger partial charge < -0.3 is 14.5 Å². The van der Waals surface area contributed by atoms with Crippen LogP contribution in [0, 0.1) is 13.8 Å². The quantitative estimate of drug-likeness (QED) is 0.677. The minimum Gasteiger partial charge on any atom is -0.467 e. The van der Waals surface area contributed by atoms with Crippen LogP contribution in [0.3, 0.4) is 0 Å². The van der Waals surface area contributed by atoms with Gasteiger partial charge in [0.2, 0.25) is 5.91 Å². The van der Waals surface area contributed by atoms with Crippen LogP contribution < -0.4 is 0 Å². The van der Waals surface area contributed by atoms with Crippen molar-refractivity contribution >= 4 is 27.8 Å². The number of ether oxygens (including phenoxy) is 1. The molecule has 0 spiro atoms. The van der Waals surface area contributed by atoms with Crippen molar-refractivity contribution in [3.63, 3.8) is 0 Å². The third-order valence-corrected chi connectivity index (χ3v) is 5.84. The Hall–Kier alpha value is -1.44. The molecule has 1 aromatic rings. The number of amides is 1. The zero-order chi connectivity index (χ0) is 19.5. The van der Waals surface area contributed by atoms with Gasteiger partial charge in [0.05, 0.1) is 20.6 Å². The molecule has 1 aliphatic heterocycles. The van der Waals surface area contributed by atoms with Crippen LogP contribution in [0.2, 0.25) is 0 Å². The van der Waals surface area contributed by atoms with Gasteiger partial charge in [0, 0.05) is 24.6 Å². The van der Waals surface area contributed by atoms with E-state index in [1.165, 1.54) is 7.11 Å². The zero-order valence-corrected chi connectivity index (χ0v) is 17.7. The van der Waals surface area contributed by atoms with Gasteiger partial charge in [-0.3, -0.25) is 4.79 Å². The SMILES string of the molecule is COC(=O)C1(N(C)C(=O)Cc2c(C)cc(Br)cc2C)CCN(OC)CC1. The molecule has 1 heterocycles. The van der Waals surface area contributed by atoms with Gasteiger partial charge in [-0.05, 0) is 55.5 Å². The number of hydrogen-bond acceptors (Lipinski definition) is 5. The van der Waals surface area contributed by atoms with Crippen LogP contribution in [-0.4, -0.2) is 61.7 Å². The third-order valence-electron chi connectivity index (χ3n) is 5.38. The fourth-order valence-corrected chi connectivity index (χ4v) is 4.32. The Bertz CT molecular complexity index is 661. The normalized spacial score (nSPS) is 17.0. The topological polar surface area (TPSA) is 59.1 Å². The molecule has 0 bridgehead atoms. The average molecular weight is 427 g/mol. The summed E-state index contributed by atoms with van der Waals surface area (Å²) in [6, 6.07) is 4.01. The van der Waals surface area contributed by atoms with E-state index >= 15 is 0 Å². The molecular formula is C19H27BrN2O4. The molecule has 1 fully saturated rings. The summed E-state index contributed by atoms with van der Waals surface area (Å²) in [7, 11) is 4.68. The van der Waals surface area contributed by atoms with Crippen molar-refractivity contribution in [3.8, 4) is 0 Å². The Morgan fingerprint density at radius 1 is 1.19 bits per heavy atom. The first-order valence-corrected chi connectivity index (χ1v) is 9.44. The molecule has 26 heavy (non-hydrogen) atoms. The first-order valence-electron chi connectivity index (χ1n) is 8.65. The summed E-state index contributed by atoms with van der Waals surface area (Å²) in [5.74, 6) is -0.455. The summed E-state index contributed by atoms with van der Waals surface area (Å²) in [4.78, 5) is 32.4. The maximum atomic E-state index is 13.0. The van der Waals surface area contributed by atoms with Gasteiger partial charge >= 0.3 is 5.97 Å². The number of aryl methyl sites for hydroxylation is 2. The number of methoxy groups -OCH3 is 1. The highest BCUT2D eigenvalue weighted by Crippen LogP contribution is 2.31. The van der Waals surface area contributed by atoms with Gasteiger partial charge in [-0.2, -0.15) is 5.06 Å². The molecule has 0 aromatic heterocycles. The van der Waals surface area contributed by atoms with E-state index in [4.69, 9.17) is 9.57 Å². The van der Waals surface area contributed by atoms with Crippen molar-refractivity contribution < 1.29 is 19.2 Å². The number of rotatable bonds is 5. The number of hydroxylamine groups is 2. The minimum absolute atomic E-state index is 0.0882. The lowest BCUT2D eigenvalue weighted by molar-refractivity contribution is -0.183. The van der Waals surface area contributed by atoms with E-state index < -0.39 is 5.54 Å². The molecule has 0 unspecified atom stereocenters. The Balaban J connectivity index is 2.25. The van der Waals surface area contributed by atoms with E-state index in [9.17, 15) is 9.59 Å². The van der Waals surface area contributed by atoms with Crippen LogP contribution in [0.4, 0.5) is 0 Å². The molecule has 1 aromatic carbocycles. The van der Waals surface area contributed by atoms with E-state index in [0.717, 1.165) is 21.2 Å². The van der Waals surface area contributed by atoms with Crippen molar-refractivity contribution in [2.75, 3.05) is 34.4 Å². The monoisotopic (exact) mass is 426 g/mol. The first-order chi connectivity index (χ1) is 12.2. The lowest BCUT2D eigenvalue weighted by atomic mass is 9.85. The summed E-state index contributed by atoms with van der Waals surface area (Å²) < 4.78 is 6.04. The van der Waals surface area contributed by atoms with Crippen LogP contribution in [-0.2, 0) is 25.6 Å². The molecular weight excluding hydrogens is 400 g/mol. The van der Waals surface area contributed by atoms with Crippen LogP contribution in [0.1, 0.15) is 29.5 Å². The van der Waals surface area contributed by atoms with Gasteiger partial charge in [-0.25, -0.2) is 4.79 Å². The Kier molecular flexibility index (Phi) is 6.82. The summed E-state index contributed by atoms with van der Waals surface area (Å²) in [5, 5.41) is 1.79. The molecule has 0 radical (unpaired) electrons. The van der Waals surface area contributed by atoms with Crippen LogP contribution >= 0.6 is 15.9 Å². The van der Waals surface area contributed by atoms with Crippen molar-refractivity contribution in [3.05, 3.63) is 33.3 Å². The summed E-state index contributed by atoms with van der Waals surface area (Å²) >= 11 is 3.48. The molecule has 0 atom stereocenters. The Morgan fingerprint density at radius 2 is 1.73 bits per heavy atom. The molecule has 0 aliphatic carbocycles. The van der Waals surface area contributed by atoms with E-state index in [0.29, 0.717) is 25.9 Å². The number of esters is 1. The van der Waals surface area contributed by atoms with Crippen LogP contribution in [0.5, 0.6) is 0 Å². The maximum Gasteiger partial charge on any atom is 0.331 e. The summed E-state index contributed by atoms with van der Waals surface area (Å²) in [6.45, 7) is 5.13. The van der Waals surface area contributed by atoms with Crippen molar-refractivity contribution in [1.29, 1.82) is 0 Å². The number of carbonyl (C=O) groups is 2. The largest absolute Gasteiger partial charge is 0.467 e. The fraction of sp³-hybridized carbons (Fsp3) is 0.579.